The van der Waals surface area contributed by atoms with Crippen LogP contribution in [0.3, 0.4) is 0 Å². The maximum Gasteiger partial charge on any atom is 2.00 e. The number of nitrogens with one attached hydrogen (secondary N) is 2. The normalized spacial score (nSPS) is 11.5. The minimum absolute atomic E-state index is 0. The van der Waals surface area contributed by atoms with Crippen molar-refractivity contribution in [2.75, 3.05) is 23.8 Å². The molecule has 0 atom stereocenters. The van der Waals surface area contributed by atoms with E-state index in [1.807, 2.05) is 13.8 Å². The first kappa shape index (κ1) is 57.9. The van der Waals surface area contributed by atoms with E-state index in [1.54, 1.807) is 103 Å². The summed E-state index contributed by atoms with van der Waals surface area (Å²) in [7, 11) is -9.31. The van der Waals surface area contributed by atoms with Gasteiger partial charge in [-0.25, -0.2) is 8.42 Å². The van der Waals surface area contributed by atoms with Gasteiger partial charge < -0.3 is 34.9 Å². The van der Waals surface area contributed by atoms with Crippen LogP contribution in [0, 0.1) is 13.8 Å². The standard InChI is InChI=1S/2C26H22ClN3O6S.Ba/c2*1-3-36-19-10-8-17(9-11-19)28-26(32)21-13-16-6-4-5-7-20(16)23(24(21)31)30-29-18-12-15(2)25(22(27)14-18)37(33,34)35;/h2*4-14,31H,3H2,1-2H3,(H,28,32)(H,33,34,35);/q;;+2/p-2. The summed E-state index contributed by atoms with van der Waals surface area (Å²) in [4.78, 5) is 25.1. The zero-order chi connectivity index (χ0) is 53.5. The van der Waals surface area contributed by atoms with Crippen LogP contribution >= 0.6 is 23.2 Å². The monoisotopic (exact) mass is 1210 g/mol. The van der Waals surface area contributed by atoms with Crippen LogP contribution in [0.1, 0.15) is 45.7 Å². The van der Waals surface area contributed by atoms with E-state index in [-0.39, 0.29) is 110 Å². The topological polar surface area (TPSA) is 281 Å². The largest absolute Gasteiger partial charge is 2.00 e. The van der Waals surface area contributed by atoms with Gasteiger partial charge in [-0.3, -0.25) is 14.1 Å². The van der Waals surface area contributed by atoms with E-state index in [1.165, 1.54) is 38.1 Å². The Morgan fingerprint density at radius 3 is 1.45 bits per heavy atom. The smallest absolute Gasteiger partial charge is 0.870 e. The number of anilines is 2. The predicted octanol–water partition coefficient (Wildman–Crippen LogP) is 12.3. The molecule has 0 aromatic heterocycles. The van der Waals surface area contributed by atoms with Gasteiger partial charge in [0.15, 0.2) is 5.75 Å². The minimum Gasteiger partial charge on any atom is -0.870 e. The van der Waals surface area contributed by atoms with E-state index in [2.05, 4.69) is 31.1 Å². The first-order valence-electron chi connectivity index (χ1n) is 22.1. The number of hydrogen-bond donors (Lipinski definition) is 4. The third-order valence-electron chi connectivity index (χ3n) is 10.8. The van der Waals surface area contributed by atoms with Gasteiger partial charge in [0.25, 0.3) is 21.9 Å². The van der Waals surface area contributed by atoms with Crippen molar-refractivity contribution in [2.24, 2.45) is 20.5 Å². The van der Waals surface area contributed by atoms with Crippen molar-refractivity contribution >= 4 is 160 Å². The van der Waals surface area contributed by atoms with Crippen molar-refractivity contribution in [1.82, 2.24) is 0 Å². The molecule has 0 aliphatic heterocycles. The van der Waals surface area contributed by atoms with Crippen molar-refractivity contribution in [1.29, 1.82) is 0 Å². The number of aromatic hydroxyl groups is 1. The number of ether oxygens (including phenoxy) is 2. The SMILES string of the molecule is CCOc1ccc(NC(=O)c2cc3ccccc3c(N=Nc3cc(C)c(S(=O)(=O)O)c(Cl)c3)c2O)cc1.CCOc1ccc(NC(=O)c2cc3ccccc3c(N=Nc3cc(C)c(S(=O)(=O)[O-])c(Cl)c3)c2[O-])cc1.[Ba+2]. The molecule has 0 saturated carbocycles. The molecule has 380 valence electrons. The molecular formula is C52H42BaCl2N6O12S2. The quantitative estimate of drug-likeness (QED) is 0.0449. The molecule has 0 aliphatic rings. The molecular weight excluding hydrogens is 1170 g/mol. The summed E-state index contributed by atoms with van der Waals surface area (Å²) >= 11 is 12.0. The average molecular weight is 1220 g/mol. The Kier molecular flexibility index (Phi) is 19.3. The Labute approximate surface area is 481 Å². The van der Waals surface area contributed by atoms with Crippen LogP contribution < -0.4 is 25.2 Å². The predicted molar refractivity (Wildman–Crippen MR) is 284 cm³/mol. The first-order chi connectivity index (χ1) is 35.2. The van der Waals surface area contributed by atoms with Crippen LogP contribution in [0.15, 0.2) is 164 Å². The van der Waals surface area contributed by atoms with E-state index in [0.717, 1.165) is 6.07 Å². The van der Waals surface area contributed by atoms with Crippen LogP contribution in [-0.2, 0) is 20.2 Å². The van der Waals surface area contributed by atoms with Gasteiger partial charge in [-0.1, -0.05) is 77.5 Å². The summed E-state index contributed by atoms with van der Waals surface area (Å²) in [5, 5.41) is 47.9. The second kappa shape index (κ2) is 25.0. The van der Waals surface area contributed by atoms with Gasteiger partial charge >= 0.3 is 48.9 Å². The number of aryl methyl sites for hydroxylation is 2. The van der Waals surface area contributed by atoms with E-state index in [4.69, 9.17) is 32.7 Å². The first-order valence-corrected chi connectivity index (χ1v) is 25.7. The van der Waals surface area contributed by atoms with Crippen molar-refractivity contribution in [3.63, 3.8) is 0 Å². The molecule has 23 heteroatoms. The van der Waals surface area contributed by atoms with Crippen LogP contribution in [0.4, 0.5) is 34.1 Å². The zero-order valence-corrected chi connectivity index (χ0v) is 47.7. The fourth-order valence-electron chi connectivity index (χ4n) is 7.57. The van der Waals surface area contributed by atoms with Gasteiger partial charge in [0.1, 0.15) is 32.2 Å². The molecule has 8 rings (SSSR count). The number of amides is 2. The number of rotatable bonds is 14. The summed E-state index contributed by atoms with van der Waals surface area (Å²) in [6.07, 6.45) is 0. The number of phenols is 1. The maximum atomic E-state index is 13.3. The molecule has 75 heavy (non-hydrogen) atoms. The van der Waals surface area contributed by atoms with E-state index < -0.39 is 47.6 Å². The molecule has 18 nitrogen and oxygen atoms in total. The number of carbonyl (C=O) groups excluding carboxylic acids is 2. The fourth-order valence-corrected chi connectivity index (χ4v) is 10.2. The van der Waals surface area contributed by atoms with Crippen molar-refractivity contribution in [2.45, 2.75) is 37.5 Å². The second-order valence-corrected chi connectivity index (χ2v) is 19.5. The number of benzene rings is 8. The molecule has 2 amide bonds. The number of carbonyl (C=O) groups is 2. The van der Waals surface area contributed by atoms with Crippen molar-refractivity contribution < 1.29 is 55.2 Å². The summed E-state index contributed by atoms with van der Waals surface area (Å²) in [5.74, 6) is -0.900. The molecule has 0 radical (unpaired) electrons. The van der Waals surface area contributed by atoms with Crippen molar-refractivity contribution in [3.05, 3.63) is 166 Å². The summed E-state index contributed by atoms with van der Waals surface area (Å²) in [6, 6.07) is 35.5. The van der Waals surface area contributed by atoms with Crippen molar-refractivity contribution in [3.8, 4) is 23.0 Å². The summed E-state index contributed by atoms with van der Waals surface area (Å²) in [5.41, 5.74) is 1.36. The molecule has 8 aromatic rings. The zero-order valence-electron chi connectivity index (χ0n) is 40.2. The van der Waals surface area contributed by atoms with Crippen LogP contribution in [0.25, 0.3) is 21.5 Å². The van der Waals surface area contributed by atoms with Crippen LogP contribution in [0.2, 0.25) is 10.0 Å². The van der Waals surface area contributed by atoms with Gasteiger partial charge in [0.2, 0.25) is 0 Å². The molecule has 0 bridgehead atoms. The molecule has 4 N–H and O–H groups in total. The third-order valence-corrected chi connectivity index (χ3v) is 13.7. The van der Waals surface area contributed by atoms with Crippen LogP contribution in [-0.4, -0.2) is 105 Å². The van der Waals surface area contributed by atoms with E-state index in [0.29, 0.717) is 57.6 Å². The molecule has 0 aliphatic carbocycles. The average Bonchev–Trinajstić information content (AvgIpc) is 3.33. The number of nitrogens with zero attached hydrogens (tertiary/aromatic N) is 4. The number of azo groups is 2. The molecule has 0 spiro atoms. The summed E-state index contributed by atoms with van der Waals surface area (Å²) in [6.45, 7) is 7.61. The van der Waals surface area contributed by atoms with Crippen LogP contribution in [0.5, 0.6) is 23.0 Å². The molecule has 8 aromatic carbocycles. The third kappa shape index (κ3) is 14.1. The Morgan fingerprint density at radius 1 is 0.600 bits per heavy atom. The Bertz CT molecular complexity index is 3480. The fraction of sp³-hybridized carbons (Fsp3) is 0.115. The second-order valence-electron chi connectivity index (χ2n) is 16.0. The number of hydrogen-bond acceptors (Lipinski definition) is 15. The Morgan fingerprint density at radius 2 is 1.01 bits per heavy atom. The van der Waals surface area contributed by atoms with Gasteiger partial charge in [-0.15, -0.1) is 5.11 Å². The number of phenolic OH excluding ortho intramolecular Hbond substituents is 1. The van der Waals surface area contributed by atoms with E-state index in [9.17, 15) is 45.7 Å². The Hall–Kier alpha value is -6.41. The molecule has 0 unspecified atom stereocenters. The Balaban J connectivity index is 0.000000241. The molecule has 0 saturated heterocycles. The maximum absolute atomic E-state index is 13.3. The van der Waals surface area contributed by atoms with E-state index >= 15 is 0 Å². The molecule has 0 heterocycles. The van der Waals surface area contributed by atoms with Gasteiger partial charge in [-0.05, 0) is 135 Å². The molecule has 0 fully saturated rings. The van der Waals surface area contributed by atoms with Gasteiger partial charge in [-0.2, -0.15) is 23.8 Å². The van der Waals surface area contributed by atoms with Gasteiger partial charge in [0, 0.05) is 27.7 Å². The number of halogens is 2. The number of fused-ring (bicyclic) bond motifs is 2. The van der Waals surface area contributed by atoms with Gasteiger partial charge in [0.05, 0.1) is 50.8 Å². The summed E-state index contributed by atoms with van der Waals surface area (Å²) < 4.78 is 77.7. The minimum atomic E-state index is -4.79.